The van der Waals surface area contributed by atoms with Crippen LogP contribution < -0.4 is 10.2 Å². The molecule has 1 N–H and O–H groups in total. The first-order chi connectivity index (χ1) is 15.9. The lowest BCUT2D eigenvalue weighted by Crippen LogP contribution is -2.38. The van der Waals surface area contributed by atoms with E-state index in [1.165, 1.54) is 22.3 Å². The van der Waals surface area contributed by atoms with Crippen LogP contribution in [0.3, 0.4) is 0 Å². The molecule has 2 amide bonds. The quantitative estimate of drug-likeness (QED) is 0.613. The van der Waals surface area contributed by atoms with Crippen LogP contribution in [0.15, 0.2) is 48.5 Å². The van der Waals surface area contributed by atoms with Crippen LogP contribution in [-0.4, -0.2) is 47.1 Å². The van der Waals surface area contributed by atoms with Crippen LogP contribution in [-0.2, 0) is 6.42 Å². The molecule has 0 spiro atoms. The molecule has 0 unspecified atom stereocenters. The Kier molecular flexibility index (Phi) is 6.92. The molecule has 1 aliphatic rings. The predicted octanol–water partition coefficient (Wildman–Crippen LogP) is 5.05. The molecule has 1 aromatic heterocycles. The van der Waals surface area contributed by atoms with Gasteiger partial charge in [-0.05, 0) is 51.8 Å². The Hall–Kier alpha value is -3.41. The monoisotopic (exact) mass is 443 g/mol. The van der Waals surface area contributed by atoms with Gasteiger partial charge in [-0.1, -0.05) is 47.5 Å². The van der Waals surface area contributed by atoms with Crippen molar-refractivity contribution in [1.29, 1.82) is 0 Å². The molecule has 33 heavy (non-hydrogen) atoms. The molecule has 0 saturated carbocycles. The lowest BCUT2D eigenvalue weighted by molar-refractivity contribution is 0.215. The van der Waals surface area contributed by atoms with Crippen LogP contribution in [0.4, 0.5) is 16.3 Å². The molecule has 4 rings (SSSR count). The van der Waals surface area contributed by atoms with Gasteiger partial charge in [0.1, 0.15) is 11.6 Å². The highest BCUT2D eigenvalue weighted by Gasteiger charge is 2.23. The Labute approximate surface area is 196 Å². The van der Waals surface area contributed by atoms with Gasteiger partial charge in [-0.2, -0.15) is 0 Å². The molecule has 2 heterocycles. The van der Waals surface area contributed by atoms with Gasteiger partial charge in [0.05, 0.1) is 0 Å². The zero-order valence-corrected chi connectivity index (χ0v) is 20.1. The number of hydrogen-bond acceptors (Lipinski definition) is 4. The molecule has 1 saturated heterocycles. The lowest BCUT2D eigenvalue weighted by Gasteiger charge is -2.26. The van der Waals surface area contributed by atoms with Gasteiger partial charge in [0, 0.05) is 49.5 Å². The number of carbonyl (C=O) groups is 1. The van der Waals surface area contributed by atoms with Crippen LogP contribution >= 0.6 is 0 Å². The fraction of sp³-hybridized carbons (Fsp3) is 0.370. The van der Waals surface area contributed by atoms with Crippen LogP contribution in [0.5, 0.6) is 0 Å². The number of hydrogen-bond donors (Lipinski definition) is 1. The van der Waals surface area contributed by atoms with Gasteiger partial charge in [0.15, 0.2) is 0 Å². The standard InChI is InChI=1S/C27H33N5O/c1-19-6-10-23(11-7-19)18-25-21(3)28-22(4)29-26(25)31-14-5-15-32(17-16-31)27(33)30-24-12-8-20(2)9-13-24/h6-13H,5,14-18H2,1-4H3,(H,30,33). The lowest BCUT2D eigenvalue weighted by atomic mass is 10.0. The summed E-state index contributed by atoms with van der Waals surface area (Å²) in [4.78, 5) is 26.6. The third-order valence-corrected chi connectivity index (χ3v) is 6.19. The van der Waals surface area contributed by atoms with Gasteiger partial charge in [0.25, 0.3) is 0 Å². The average molecular weight is 444 g/mol. The summed E-state index contributed by atoms with van der Waals surface area (Å²) in [5.74, 6) is 1.79. The number of nitrogens with zero attached hydrogens (tertiary/aromatic N) is 4. The summed E-state index contributed by atoms with van der Waals surface area (Å²) in [6.45, 7) is 11.2. The summed E-state index contributed by atoms with van der Waals surface area (Å²) in [5.41, 5.74) is 6.71. The topological polar surface area (TPSA) is 61.4 Å². The van der Waals surface area contributed by atoms with E-state index in [9.17, 15) is 4.79 Å². The summed E-state index contributed by atoms with van der Waals surface area (Å²) < 4.78 is 0. The van der Waals surface area contributed by atoms with E-state index >= 15 is 0 Å². The number of aryl methyl sites for hydroxylation is 4. The van der Waals surface area contributed by atoms with Crippen molar-refractivity contribution in [3.8, 4) is 0 Å². The molecule has 0 bridgehead atoms. The zero-order valence-electron chi connectivity index (χ0n) is 20.1. The van der Waals surface area contributed by atoms with E-state index in [0.29, 0.717) is 6.54 Å². The molecule has 1 fully saturated rings. The molecule has 1 aliphatic heterocycles. The number of urea groups is 1. The Morgan fingerprint density at radius 2 is 1.52 bits per heavy atom. The van der Waals surface area contributed by atoms with E-state index in [1.807, 2.05) is 43.0 Å². The largest absolute Gasteiger partial charge is 0.354 e. The number of amides is 2. The second kappa shape index (κ2) is 10.0. The fourth-order valence-corrected chi connectivity index (χ4v) is 4.27. The summed E-state index contributed by atoms with van der Waals surface area (Å²) in [5, 5.41) is 3.03. The van der Waals surface area contributed by atoms with Crippen molar-refractivity contribution in [3.63, 3.8) is 0 Å². The Morgan fingerprint density at radius 3 is 2.21 bits per heavy atom. The van der Waals surface area contributed by atoms with Gasteiger partial charge in [0.2, 0.25) is 0 Å². The minimum Gasteiger partial charge on any atom is -0.354 e. The fourth-order valence-electron chi connectivity index (χ4n) is 4.27. The predicted molar refractivity (Wildman–Crippen MR) is 134 cm³/mol. The molecular weight excluding hydrogens is 410 g/mol. The van der Waals surface area contributed by atoms with E-state index in [4.69, 9.17) is 4.98 Å². The van der Waals surface area contributed by atoms with E-state index in [2.05, 4.69) is 53.3 Å². The first-order valence-corrected chi connectivity index (χ1v) is 11.7. The molecule has 0 aliphatic carbocycles. The third kappa shape index (κ3) is 5.69. The van der Waals surface area contributed by atoms with Gasteiger partial charge in [-0.3, -0.25) is 0 Å². The van der Waals surface area contributed by atoms with E-state index in [1.54, 1.807) is 0 Å². The van der Waals surface area contributed by atoms with E-state index < -0.39 is 0 Å². The highest BCUT2D eigenvalue weighted by Crippen LogP contribution is 2.25. The van der Waals surface area contributed by atoms with Gasteiger partial charge < -0.3 is 15.1 Å². The number of nitrogens with one attached hydrogen (secondary N) is 1. The van der Waals surface area contributed by atoms with Gasteiger partial charge in [-0.15, -0.1) is 0 Å². The first-order valence-electron chi connectivity index (χ1n) is 11.7. The molecule has 0 atom stereocenters. The first kappa shape index (κ1) is 22.8. The van der Waals surface area contributed by atoms with Crippen molar-refractivity contribution in [1.82, 2.24) is 14.9 Å². The second-order valence-electron chi connectivity index (χ2n) is 8.94. The van der Waals surface area contributed by atoms with Crippen LogP contribution in [0, 0.1) is 27.7 Å². The Balaban J connectivity index is 1.49. The van der Waals surface area contributed by atoms with Crippen molar-refractivity contribution in [3.05, 3.63) is 82.3 Å². The van der Waals surface area contributed by atoms with E-state index in [-0.39, 0.29) is 6.03 Å². The molecule has 172 valence electrons. The normalized spacial score (nSPS) is 14.2. The third-order valence-electron chi connectivity index (χ3n) is 6.19. The van der Waals surface area contributed by atoms with Crippen molar-refractivity contribution in [2.45, 2.75) is 40.5 Å². The zero-order chi connectivity index (χ0) is 23.4. The van der Waals surface area contributed by atoms with Crippen molar-refractivity contribution in [2.75, 3.05) is 36.4 Å². The second-order valence-corrected chi connectivity index (χ2v) is 8.94. The highest BCUT2D eigenvalue weighted by molar-refractivity contribution is 5.89. The molecular formula is C27H33N5O. The van der Waals surface area contributed by atoms with Crippen LogP contribution in [0.2, 0.25) is 0 Å². The minimum atomic E-state index is -0.0457. The summed E-state index contributed by atoms with van der Waals surface area (Å²) >= 11 is 0. The SMILES string of the molecule is Cc1ccc(Cc2c(C)nc(C)nc2N2CCCN(C(=O)Nc3ccc(C)cc3)CC2)cc1. The summed E-state index contributed by atoms with van der Waals surface area (Å²) in [6.07, 6.45) is 1.70. The average Bonchev–Trinajstić information content (AvgIpc) is 3.05. The number of carbonyl (C=O) groups excluding carboxylic acids is 1. The van der Waals surface area contributed by atoms with Gasteiger partial charge in [-0.25, -0.2) is 14.8 Å². The molecule has 2 aromatic carbocycles. The number of benzene rings is 2. The van der Waals surface area contributed by atoms with Crippen molar-refractivity contribution in [2.24, 2.45) is 0 Å². The molecule has 6 heteroatoms. The Bertz CT molecular complexity index is 1110. The number of aromatic nitrogens is 2. The van der Waals surface area contributed by atoms with Crippen molar-refractivity contribution >= 4 is 17.5 Å². The number of rotatable bonds is 4. The van der Waals surface area contributed by atoms with Crippen LogP contribution in [0.25, 0.3) is 0 Å². The maximum atomic E-state index is 12.9. The summed E-state index contributed by atoms with van der Waals surface area (Å²) in [7, 11) is 0. The van der Waals surface area contributed by atoms with Gasteiger partial charge >= 0.3 is 6.03 Å². The smallest absolute Gasteiger partial charge is 0.321 e. The molecule has 0 radical (unpaired) electrons. The maximum Gasteiger partial charge on any atom is 0.321 e. The van der Waals surface area contributed by atoms with E-state index in [0.717, 1.165) is 55.5 Å². The Morgan fingerprint density at radius 1 is 0.848 bits per heavy atom. The minimum absolute atomic E-state index is 0.0457. The maximum absolute atomic E-state index is 12.9. The van der Waals surface area contributed by atoms with Crippen molar-refractivity contribution < 1.29 is 4.79 Å². The van der Waals surface area contributed by atoms with Crippen LogP contribution in [0.1, 0.15) is 40.2 Å². The molecule has 6 nitrogen and oxygen atoms in total. The summed E-state index contributed by atoms with van der Waals surface area (Å²) in [6, 6.07) is 16.5. The number of anilines is 2. The molecule has 3 aromatic rings. The highest BCUT2D eigenvalue weighted by atomic mass is 16.2.